The molecule has 1 heterocycles. The van der Waals surface area contributed by atoms with Crippen LogP contribution in [0.3, 0.4) is 0 Å². The molecule has 100 valence electrons. The number of hydrogen-bond acceptors (Lipinski definition) is 3. The summed E-state index contributed by atoms with van der Waals surface area (Å²) in [6, 6.07) is 0.138. The molecule has 3 atom stereocenters. The van der Waals surface area contributed by atoms with Crippen molar-refractivity contribution >= 4 is 10.2 Å². The van der Waals surface area contributed by atoms with Crippen LogP contribution >= 0.6 is 0 Å². The Labute approximate surface area is 103 Å². The Morgan fingerprint density at radius 2 is 2.24 bits per heavy atom. The van der Waals surface area contributed by atoms with Crippen molar-refractivity contribution in [1.82, 2.24) is 9.03 Å². The Morgan fingerprint density at radius 3 is 2.82 bits per heavy atom. The van der Waals surface area contributed by atoms with Crippen molar-refractivity contribution in [3.63, 3.8) is 0 Å². The second kappa shape index (κ2) is 5.22. The summed E-state index contributed by atoms with van der Waals surface area (Å²) < 4.78 is 28.4. The average molecular weight is 262 g/mol. The second-order valence-electron chi connectivity index (χ2n) is 5.18. The highest BCUT2D eigenvalue weighted by Crippen LogP contribution is 2.34. The van der Waals surface area contributed by atoms with Crippen molar-refractivity contribution in [1.29, 1.82) is 0 Å². The molecule has 0 spiro atoms. The Bertz CT molecular complexity index is 358. The summed E-state index contributed by atoms with van der Waals surface area (Å²) in [6.45, 7) is 3.19. The monoisotopic (exact) mass is 262 g/mol. The fourth-order valence-electron chi connectivity index (χ4n) is 2.50. The minimum absolute atomic E-state index is 0.0764. The van der Waals surface area contributed by atoms with Crippen LogP contribution in [0.1, 0.15) is 32.6 Å². The molecule has 0 aromatic rings. The highest BCUT2D eigenvalue weighted by molar-refractivity contribution is 7.87. The molecule has 2 aliphatic rings. The summed E-state index contributed by atoms with van der Waals surface area (Å²) in [5.41, 5.74) is 0. The molecular formula is C11H22N2O3S. The zero-order valence-electron chi connectivity index (χ0n) is 10.3. The Balaban J connectivity index is 1.91. The molecule has 0 aromatic carbocycles. The third-order valence-corrected chi connectivity index (χ3v) is 5.44. The highest BCUT2D eigenvalue weighted by Gasteiger charge is 2.40. The van der Waals surface area contributed by atoms with Crippen molar-refractivity contribution in [3.8, 4) is 0 Å². The highest BCUT2D eigenvalue weighted by atomic mass is 32.2. The fraction of sp³-hybridized carbons (Fsp3) is 1.00. The molecule has 6 heteroatoms. The molecule has 0 aromatic heterocycles. The lowest BCUT2D eigenvalue weighted by atomic mass is 10.0. The van der Waals surface area contributed by atoms with Gasteiger partial charge in [-0.25, -0.2) is 0 Å². The summed E-state index contributed by atoms with van der Waals surface area (Å²) in [5.74, 6) is 0.615. The normalized spacial score (nSPS) is 34.8. The Kier molecular flexibility index (Phi) is 4.07. The van der Waals surface area contributed by atoms with Crippen molar-refractivity contribution < 1.29 is 13.5 Å². The minimum atomic E-state index is -3.33. The molecule has 1 aliphatic heterocycles. The molecule has 17 heavy (non-hydrogen) atoms. The van der Waals surface area contributed by atoms with Crippen molar-refractivity contribution in [3.05, 3.63) is 0 Å². The van der Waals surface area contributed by atoms with Crippen LogP contribution in [0.2, 0.25) is 0 Å². The summed E-state index contributed by atoms with van der Waals surface area (Å²) in [4.78, 5) is 0. The van der Waals surface area contributed by atoms with E-state index in [0.29, 0.717) is 19.0 Å². The van der Waals surface area contributed by atoms with Crippen LogP contribution in [0.25, 0.3) is 0 Å². The summed E-state index contributed by atoms with van der Waals surface area (Å²) in [7, 11) is -3.33. The predicted octanol–water partition coefficient (Wildman–Crippen LogP) is 0.324. The van der Waals surface area contributed by atoms with Crippen LogP contribution in [0.15, 0.2) is 0 Å². The molecule has 1 saturated carbocycles. The maximum Gasteiger partial charge on any atom is 0.279 e. The smallest absolute Gasteiger partial charge is 0.279 e. The maximum atomic E-state index is 12.1. The van der Waals surface area contributed by atoms with Gasteiger partial charge in [0.2, 0.25) is 0 Å². The molecule has 1 saturated heterocycles. The van der Waals surface area contributed by atoms with Crippen LogP contribution in [-0.2, 0) is 10.2 Å². The molecular weight excluding hydrogens is 240 g/mol. The third-order valence-electron chi connectivity index (χ3n) is 3.83. The number of rotatable bonds is 5. The third kappa shape index (κ3) is 3.19. The molecule has 5 nitrogen and oxygen atoms in total. The van der Waals surface area contributed by atoms with E-state index in [-0.39, 0.29) is 18.6 Å². The Morgan fingerprint density at radius 1 is 1.47 bits per heavy atom. The second-order valence-corrected chi connectivity index (χ2v) is 6.88. The van der Waals surface area contributed by atoms with Gasteiger partial charge in [0.05, 0.1) is 0 Å². The van der Waals surface area contributed by atoms with E-state index in [4.69, 9.17) is 5.11 Å². The van der Waals surface area contributed by atoms with Gasteiger partial charge >= 0.3 is 0 Å². The van der Waals surface area contributed by atoms with Crippen molar-refractivity contribution in [2.24, 2.45) is 11.8 Å². The van der Waals surface area contributed by atoms with Gasteiger partial charge in [0.1, 0.15) is 0 Å². The average Bonchev–Trinajstić information content (AvgIpc) is 3.07. The molecule has 2 rings (SSSR count). The van der Waals surface area contributed by atoms with E-state index in [0.717, 1.165) is 25.7 Å². The van der Waals surface area contributed by atoms with Gasteiger partial charge in [0.15, 0.2) is 0 Å². The van der Waals surface area contributed by atoms with Crippen molar-refractivity contribution in [2.45, 2.75) is 38.6 Å². The SMILES string of the molecule is CCC1CC1NS(=O)(=O)N1CCCC(CO)C1. The topological polar surface area (TPSA) is 69.6 Å². The molecule has 0 amide bonds. The van der Waals surface area contributed by atoms with Gasteiger partial charge in [-0.1, -0.05) is 13.3 Å². The van der Waals surface area contributed by atoms with Crippen LogP contribution in [0.5, 0.6) is 0 Å². The first kappa shape index (κ1) is 13.3. The molecule has 2 fully saturated rings. The fourth-order valence-corrected chi connectivity index (χ4v) is 4.10. The predicted molar refractivity (Wildman–Crippen MR) is 65.6 cm³/mol. The van der Waals surface area contributed by atoms with Gasteiger partial charge in [0, 0.05) is 25.7 Å². The molecule has 0 bridgehead atoms. The van der Waals surface area contributed by atoms with E-state index in [1.54, 1.807) is 0 Å². The first-order chi connectivity index (χ1) is 8.06. The zero-order valence-corrected chi connectivity index (χ0v) is 11.1. The lowest BCUT2D eigenvalue weighted by molar-refractivity contribution is 0.164. The van der Waals surface area contributed by atoms with Gasteiger partial charge in [0.25, 0.3) is 10.2 Å². The van der Waals surface area contributed by atoms with E-state index in [2.05, 4.69) is 11.6 Å². The van der Waals surface area contributed by atoms with Crippen LogP contribution in [0, 0.1) is 11.8 Å². The number of nitrogens with one attached hydrogen (secondary N) is 1. The van der Waals surface area contributed by atoms with E-state index in [9.17, 15) is 8.42 Å². The molecule has 3 unspecified atom stereocenters. The largest absolute Gasteiger partial charge is 0.396 e. The number of piperidine rings is 1. The minimum Gasteiger partial charge on any atom is -0.396 e. The quantitative estimate of drug-likeness (QED) is 0.750. The molecule has 0 radical (unpaired) electrons. The molecule has 2 N–H and O–H groups in total. The first-order valence-electron chi connectivity index (χ1n) is 6.45. The van der Waals surface area contributed by atoms with Gasteiger partial charge in [-0.3, -0.25) is 0 Å². The van der Waals surface area contributed by atoms with Gasteiger partial charge < -0.3 is 5.11 Å². The number of aliphatic hydroxyl groups is 1. The van der Waals surface area contributed by atoms with E-state index in [1.807, 2.05) is 0 Å². The maximum absolute atomic E-state index is 12.1. The summed E-state index contributed by atoms with van der Waals surface area (Å²) in [5, 5.41) is 9.11. The van der Waals surface area contributed by atoms with Gasteiger partial charge in [-0.05, 0) is 31.1 Å². The van der Waals surface area contributed by atoms with E-state index in [1.165, 1.54) is 4.31 Å². The number of hydrogen-bond donors (Lipinski definition) is 2. The van der Waals surface area contributed by atoms with Gasteiger partial charge in [-0.15, -0.1) is 0 Å². The number of nitrogens with zero attached hydrogens (tertiary/aromatic N) is 1. The summed E-state index contributed by atoms with van der Waals surface area (Å²) >= 11 is 0. The lowest BCUT2D eigenvalue weighted by Gasteiger charge is -2.30. The van der Waals surface area contributed by atoms with Crippen LogP contribution < -0.4 is 4.72 Å². The molecule has 1 aliphatic carbocycles. The summed E-state index contributed by atoms with van der Waals surface area (Å²) in [6.07, 6.45) is 3.76. The van der Waals surface area contributed by atoms with Crippen LogP contribution in [0.4, 0.5) is 0 Å². The van der Waals surface area contributed by atoms with E-state index < -0.39 is 10.2 Å². The van der Waals surface area contributed by atoms with Crippen LogP contribution in [-0.4, -0.2) is 43.6 Å². The van der Waals surface area contributed by atoms with Crippen molar-refractivity contribution in [2.75, 3.05) is 19.7 Å². The lowest BCUT2D eigenvalue weighted by Crippen LogP contribution is -2.47. The first-order valence-corrected chi connectivity index (χ1v) is 7.89. The zero-order chi connectivity index (χ0) is 12.5. The standard InChI is InChI=1S/C11H22N2O3S/c1-2-10-6-11(10)12-17(15,16)13-5-3-4-9(7-13)8-14/h9-12,14H,2-8H2,1H3. The number of aliphatic hydroxyl groups excluding tert-OH is 1. The Hall–Kier alpha value is -0.170. The van der Waals surface area contributed by atoms with E-state index >= 15 is 0 Å². The van der Waals surface area contributed by atoms with Gasteiger partial charge in [-0.2, -0.15) is 17.4 Å².